The lowest BCUT2D eigenvalue weighted by molar-refractivity contribution is -0.128. The number of benzene rings is 1. The molecule has 0 aliphatic carbocycles. The summed E-state index contributed by atoms with van der Waals surface area (Å²) in [5.41, 5.74) is 13.2. The molecule has 84 valence electrons. The van der Waals surface area contributed by atoms with Gasteiger partial charge in [-0.3, -0.25) is 4.79 Å². The molecule has 0 atom stereocenters. The van der Waals surface area contributed by atoms with E-state index in [4.69, 9.17) is 11.5 Å². The number of rotatable bonds is 4. The second-order valence-electron chi connectivity index (χ2n) is 2.73. The molecule has 1 rings (SSSR count). The fourth-order valence-electron chi connectivity index (χ4n) is 1.02. The van der Waals surface area contributed by atoms with Crippen LogP contribution in [0.1, 0.15) is 18.1 Å². The lowest BCUT2D eigenvalue weighted by Crippen LogP contribution is -2.05. The van der Waals surface area contributed by atoms with Crippen molar-refractivity contribution < 1.29 is 9.53 Å². The van der Waals surface area contributed by atoms with Gasteiger partial charge in [0.1, 0.15) is 0 Å². The summed E-state index contributed by atoms with van der Waals surface area (Å²) in [6, 6.07) is 7.95. The van der Waals surface area contributed by atoms with Crippen molar-refractivity contribution in [2.75, 3.05) is 6.61 Å². The highest BCUT2D eigenvalue weighted by Crippen LogP contribution is 2.05. The molecule has 0 aliphatic rings. The van der Waals surface area contributed by atoms with E-state index >= 15 is 0 Å². The van der Waals surface area contributed by atoms with E-state index in [-0.39, 0.29) is 0 Å². The lowest BCUT2D eigenvalue weighted by atomic mass is 10.1. The SMILES string of the molecule is CCOC=O.NCc1ccccc1CN. The fraction of sp³-hybridized carbons (Fsp3) is 0.364. The molecule has 0 saturated heterocycles. The zero-order valence-corrected chi connectivity index (χ0v) is 8.98. The highest BCUT2D eigenvalue weighted by atomic mass is 16.5. The third kappa shape index (κ3) is 5.83. The highest BCUT2D eigenvalue weighted by molar-refractivity contribution is 5.36. The molecule has 0 aromatic heterocycles. The number of hydrogen-bond acceptors (Lipinski definition) is 4. The molecular formula is C11H18N2O2. The second-order valence-corrected chi connectivity index (χ2v) is 2.73. The minimum Gasteiger partial charge on any atom is -0.468 e. The molecule has 0 radical (unpaired) electrons. The minimum atomic E-state index is 0.431. The molecule has 0 heterocycles. The fourth-order valence-corrected chi connectivity index (χ4v) is 1.02. The standard InChI is InChI=1S/C8H12N2.C3H6O2/c9-5-7-3-1-2-4-8(7)6-10;1-2-5-3-4/h1-4H,5-6,9-10H2;3H,2H2,1H3. The van der Waals surface area contributed by atoms with Gasteiger partial charge in [0.15, 0.2) is 0 Å². The van der Waals surface area contributed by atoms with E-state index in [1.165, 1.54) is 0 Å². The molecule has 0 bridgehead atoms. The summed E-state index contributed by atoms with van der Waals surface area (Å²) >= 11 is 0. The molecule has 0 unspecified atom stereocenters. The summed E-state index contributed by atoms with van der Waals surface area (Å²) in [6.45, 7) is 3.82. The van der Waals surface area contributed by atoms with Crippen LogP contribution in [0.15, 0.2) is 24.3 Å². The summed E-state index contributed by atoms with van der Waals surface area (Å²) in [4.78, 5) is 9.18. The van der Waals surface area contributed by atoms with Gasteiger partial charge in [-0.25, -0.2) is 0 Å². The van der Waals surface area contributed by atoms with Crippen molar-refractivity contribution in [1.82, 2.24) is 0 Å². The zero-order valence-electron chi connectivity index (χ0n) is 8.98. The van der Waals surface area contributed by atoms with Gasteiger partial charge in [-0.15, -0.1) is 0 Å². The first-order chi connectivity index (χ1) is 7.29. The molecule has 0 saturated carbocycles. The van der Waals surface area contributed by atoms with E-state index in [2.05, 4.69) is 4.74 Å². The van der Waals surface area contributed by atoms with Gasteiger partial charge in [-0.2, -0.15) is 0 Å². The van der Waals surface area contributed by atoms with Crippen molar-refractivity contribution in [2.24, 2.45) is 11.5 Å². The Hall–Kier alpha value is -1.39. The van der Waals surface area contributed by atoms with Crippen LogP contribution in [-0.2, 0) is 22.6 Å². The van der Waals surface area contributed by atoms with E-state index in [1.807, 2.05) is 24.3 Å². The Balaban J connectivity index is 0.000000336. The van der Waals surface area contributed by atoms with Crippen LogP contribution in [0.3, 0.4) is 0 Å². The highest BCUT2D eigenvalue weighted by Gasteiger charge is 1.94. The van der Waals surface area contributed by atoms with Crippen LogP contribution in [-0.4, -0.2) is 13.1 Å². The zero-order chi connectivity index (χ0) is 11.5. The number of carbonyl (C=O) groups excluding carboxylic acids is 1. The van der Waals surface area contributed by atoms with Crippen LogP contribution in [0.5, 0.6) is 0 Å². The Bertz CT molecular complexity index is 254. The molecule has 4 nitrogen and oxygen atoms in total. The maximum absolute atomic E-state index is 9.18. The third-order valence-corrected chi connectivity index (χ3v) is 1.79. The van der Waals surface area contributed by atoms with Gasteiger partial charge in [0, 0.05) is 13.1 Å². The normalized spacial score (nSPS) is 8.73. The molecule has 0 aliphatic heterocycles. The predicted molar refractivity (Wildman–Crippen MR) is 59.9 cm³/mol. The summed E-state index contributed by atoms with van der Waals surface area (Å²) in [6.07, 6.45) is 0. The van der Waals surface area contributed by atoms with E-state index in [0.717, 1.165) is 11.1 Å². The van der Waals surface area contributed by atoms with Gasteiger partial charge >= 0.3 is 0 Å². The lowest BCUT2D eigenvalue weighted by Gasteiger charge is -2.02. The monoisotopic (exact) mass is 210 g/mol. The van der Waals surface area contributed by atoms with Gasteiger partial charge < -0.3 is 16.2 Å². The Morgan fingerprint density at radius 1 is 1.20 bits per heavy atom. The summed E-state index contributed by atoms with van der Waals surface area (Å²) < 4.78 is 4.15. The second kappa shape index (κ2) is 9.18. The third-order valence-electron chi connectivity index (χ3n) is 1.79. The molecule has 0 fully saturated rings. The van der Waals surface area contributed by atoms with E-state index in [0.29, 0.717) is 26.2 Å². The average molecular weight is 210 g/mol. The quantitative estimate of drug-likeness (QED) is 0.720. The topological polar surface area (TPSA) is 78.3 Å². The van der Waals surface area contributed by atoms with Crippen molar-refractivity contribution >= 4 is 6.47 Å². The Morgan fingerprint density at radius 3 is 1.87 bits per heavy atom. The maximum atomic E-state index is 9.18. The van der Waals surface area contributed by atoms with Crippen molar-refractivity contribution in [3.63, 3.8) is 0 Å². The molecule has 1 aromatic rings. The maximum Gasteiger partial charge on any atom is 0.293 e. The van der Waals surface area contributed by atoms with Crippen molar-refractivity contribution in [1.29, 1.82) is 0 Å². The van der Waals surface area contributed by atoms with Crippen molar-refractivity contribution in [2.45, 2.75) is 20.0 Å². The number of nitrogens with two attached hydrogens (primary N) is 2. The molecule has 4 N–H and O–H groups in total. The van der Waals surface area contributed by atoms with Gasteiger partial charge in [0.25, 0.3) is 6.47 Å². The van der Waals surface area contributed by atoms with Gasteiger partial charge in [-0.1, -0.05) is 24.3 Å². The number of hydrogen-bond donors (Lipinski definition) is 2. The molecule has 1 aromatic carbocycles. The van der Waals surface area contributed by atoms with Crippen LogP contribution in [0.25, 0.3) is 0 Å². The predicted octanol–water partition coefficient (Wildman–Crippen LogP) is 0.783. The first-order valence-electron chi connectivity index (χ1n) is 4.82. The molecular weight excluding hydrogens is 192 g/mol. The van der Waals surface area contributed by atoms with E-state index in [1.54, 1.807) is 6.92 Å². The smallest absolute Gasteiger partial charge is 0.293 e. The van der Waals surface area contributed by atoms with Crippen LogP contribution in [0, 0.1) is 0 Å². The van der Waals surface area contributed by atoms with Crippen molar-refractivity contribution in [3.05, 3.63) is 35.4 Å². The Morgan fingerprint density at radius 2 is 1.67 bits per heavy atom. The van der Waals surface area contributed by atoms with E-state index < -0.39 is 0 Å². The Labute approximate surface area is 90.2 Å². The van der Waals surface area contributed by atoms with Gasteiger partial charge in [0.2, 0.25) is 0 Å². The number of ether oxygens (including phenoxy) is 1. The van der Waals surface area contributed by atoms with Crippen LogP contribution < -0.4 is 11.5 Å². The van der Waals surface area contributed by atoms with Crippen LogP contribution in [0.4, 0.5) is 0 Å². The van der Waals surface area contributed by atoms with E-state index in [9.17, 15) is 4.79 Å². The van der Waals surface area contributed by atoms with Crippen LogP contribution >= 0.6 is 0 Å². The Kier molecular flexibility index (Phi) is 8.33. The largest absolute Gasteiger partial charge is 0.468 e. The van der Waals surface area contributed by atoms with Gasteiger partial charge in [0.05, 0.1) is 6.61 Å². The molecule has 0 amide bonds. The molecule has 15 heavy (non-hydrogen) atoms. The number of carbonyl (C=O) groups is 1. The summed E-state index contributed by atoms with van der Waals surface area (Å²) in [5, 5.41) is 0. The average Bonchev–Trinajstić information content (AvgIpc) is 2.31. The van der Waals surface area contributed by atoms with Crippen molar-refractivity contribution in [3.8, 4) is 0 Å². The van der Waals surface area contributed by atoms with Crippen LogP contribution in [0.2, 0.25) is 0 Å². The first kappa shape index (κ1) is 13.6. The summed E-state index contributed by atoms with van der Waals surface area (Å²) in [7, 11) is 0. The minimum absolute atomic E-state index is 0.431. The molecule has 4 heteroatoms. The first-order valence-corrected chi connectivity index (χ1v) is 4.82. The molecule has 0 spiro atoms. The van der Waals surface area contributed by atoms with Gasteiger partial charge in [-0.05, 0) is 18.1 Å². The summed E-state index contributed by atoms with van der Waals surface area (Å²) in [5.74, 6) is 0.